The van der Waals surface area contributed by atoms with Crippen LogP contribution in [0.4, 0.5) is 0 Å². The molecule has 0 saturated carbocycles. The Morgan fingerprint density at radius 2 is 1.89 bits per heavy atom. The van der Waals surface area contributed by atoms with E-state index in [4.69, 9.17) is 9.51 Å². The molecule has 1 N–H and O–H groups in total. The van der Waals surface area contributed by atoms with Crippen molar-refractivity contribution in [1.82, 2.24) is 25.0 Å². The quantitative estimate of drug-likeness (QED) is 0.565. The Bertz CT molecular complexity index is 1040. The maximum Gasteiger partial charge on any atom is 0.257 e. The maximum atomic E-state index is 5.44. The number of benzene rings is 2. The summed E-state index contributed by atoms with van der Waals surface area (Å²) >= 11 is 0. The monoisotopic (exact) mass is 383 g/mol. The van der Waals surface area contributed by atoms with Crippen molar-refractivity contribution in [2.75, 3.05) is 7.05 Å². The van der Waals surface area contributed by atoms with Crippen molar-refractivity contribution >= 4 is 23.4 Å². The Balaban J connectivity index is 0.00000210. The molecule has 2 heterocycles. The van der Waals surface area contributed by atoms with Crippen LogP contribution < -0.4 is 5.32 Å². The third-order valence-corrected chi connectivity index (χ3v) is 4.53. The van der Waals surface area contributed by atoms with Crippen molar-refractivity contribution in [2.24, 2.45) is 0 Å². The number of imidazole rings is 1. The van der Waals surface area contributed by atoms with Gasteiger partial charge in [-0.3, -0.25) is 4.57 Å². The van der Waals surface area contributed by atoms with Crippen molar-refractivity contribution < 1.29 is 4.52 Å². The van der Waals surface area contributed by atoms with E-state index >= 15 is 0 Å². The van der Waals surface area contributed by atoms with E-state index < -0.39 is 0 Å². The van der Waals surface area contributed by atoms with Crippen LogP contribution in [0.2, 0.25) is 0 Å². The maximum absolute atomic E-state index is 5.44. The van der Waals surface area contributed by atoms with Crippen molar-refractivity contribution in [1.29, 1.82) is 0 Å². The van der Waals surface area contributed by atoms with Crippen molar-refractivity contribution in [3.63, 3.8) is 0 Å². The first-order valence-electron chi connectivity index (χ1n) is 8.70. The molecule has 0 radical (unpaired) electrons. The second-order valence-corrected chi connectivity index (χ2v) is 6.44. The fourth-order valence-electron chi connectivity index (χ4n) is 3.07. The fraction of sp³-hybridized carbons (Fsp3) is 0.250. The molecule has 7 heteroatoms. The lowest BCUT2D eigenvalue weighted by Crippen LogP contribution is -2.24. The van der Waals surface area contributed by atoms with Crippen LogP contribution in [-0.4, -0.2) is 32.8 Å². The van der Waals surface area contributed by atoms with E-state index in [1.807, 2.05) is 44.3 Å². The molecule has 140 valence electrons. The molecular weight excluding hydrogens is 362 g/mol. The van der Waals surface area contributed by atoms with E-state index in [0.29, 0.717) is 17.8 Å². The Hall–Kier alpha value is -2.70. The van der Waals surface area contributed by atoms with Gasteiger partial charge in [0, 0.05) is 23.7 Å². The number of aromatic nitrogens is 4. The van der Waals surface area contributed by atoms with E-state index in [1.165, 1.54) is 0 Å². The smallest absolute Gasteiger partial charge is 0.257 e. The van der Waals surface area contributed by atoms with Crippen molar-refractivity contribution in [3.8, 4) is 17.1 Å². The number of fused-ring (bicyclic) bond motifs is 1. The standard InChI is InChI=1S/C20H21N5O.ClH/c1-13(21-3)11-19-23-20(26-24-19)15-9-10-18-17(12-15)22-14(2)25(18)16-7-5-4-6-8-16;/h4-10,12-13,21H,11H2,1-3H3;1H. The van der Waals surface area contributed by atoms with Gasteiger partial charge in [0.15, 0.2) is 5.82 Å². The predicted molar refractivity (Wildman–Crippen MR) is 109 cm³/mol. The van der Waals surface area contributed by atoms with Crippen LogP contribution in [-0.2, 0) is 6.42 Å². The van der Waals surface area contributed by atoms with Gasteiger partial charge in [-0.15, -0.1) is 12.4 Å². The molecule has 0 aliphatic rings. The molecule has 0 amide bonds. The molecule has 0 spiro atoms. The van der Waals surface area contributed by atoms with Gasteiger partial charge in [0.05, 0.1) is 11.0 Å². The minimum Gasteiger partial charge on any atom is -0.334 e. The van der Waals surface area contributed by atoms with Crippen molar-refractivity contribution in [3.05, 3.63) is 60.2 Å². The lowest BCUT2D eigenvalue weighted by atomic mass is 10.2. The Morgan fingerprint density at radius 3 is 2.63 bits per heavy atom. The van der Waals surface area contributed by atoms with Gasteiger partial charge in [-0.05, 0) is 51.2 Å². The summed E-state index contributed by atoms with van der Waals surface area (Å²) < 4.78 is 7.59. The summed E-state index contributed by atoms with van der Waals surface area (Å²) in [5, 5.41) is 7.26. The van der Waals surface area contributed by atoms with Gasteiger partial charge >= 0.3 is 0 Å². The molecule has 0 fully saturated rings. The van der Waals surface area contributed by atoms with Crippen LogP contribution in [0.5, 0.6) is 0 Å². The first-order valence-corrected chi connectivity index (χ1v) is 8.70. The summed E-state index contributed by atoms with van der Waals surface area (Å²) in [4.78, 5) is 9.22. The lowest BCUT2D eigenvalue weighted by Gasteiger charge is -2.06. The normalized spacial score (nSPS) is 12.1. The average molecular weight is 384 g/mol. The lowest BCUT2D eigenvalue weighted by molar-refractivity contribution is 0.418. The summed E-state index contributed by atoms with van der Waals surface area (Å²) in [5.74, 6) is 2.17. The molecule has 2 aromatic carbocycles. The average Bonchev–Trinajstić information content (AvgIpc) is 3.25. The first-order chi connectivity index (χ1) is 12.7. The van der Waals surface area contributed by atoms with Crippen LogP contribution in [0.25, 0.3) is 28.2 Å². The van der Waals surface area contributed by atoms with Crippen LogP contribution in [0.15, 0.2) is 53.1 Å². The summed E-state index contributed by atoms with van der Waals surface area (Å²) in [5.41, 5.74) is 3.95. The Morgan fingerprint density at radius 1 is 1.11 bits per heavy atom. The van der Waals surface area contributed by atoms with E-state index in [9.17, 15) is 0 Å². The molecule has 0 saturated heterocycles. The van der Waals surface area contributed by atoms with Gasteiger partial charge in [-0.2, -0.15) is 4.98 Å². The van der Waals surface area contributed by atoms with E-state index in [-0.39, 0.29) is 12.4 Å². The summed E-state index contributed by atoms with van der Waals surface area (Å²) in [6.07, 6.45) is 0.726. The van der Waals surface area contributed by atoms with Gasteiger partial charge in [0.25, 0.3) is 5.89 Å². The summed E-state index contributed by atoms with van der Waals surface area (Å²) in [7, 11) is 1.92. The number of aryl methyl sites for hydroxylation is 1. The highest BCUT2D eigenvalue weighted by atomic mass is 35.5. The second kappa shape index (κ2) is 7.90. The molecule has 1 atom stereocenters. The van der Waals surface area contributed by atoms with Crippen LogP contribution in [0.1, 0.15) is 18.6 Å². The van der Waals surface area contributed by atoms with E-state index in [0.717, 1.165) is 34.5 Å². The molecule has 0 aliphatic heterocycles. The minimum atomic E-state index is 0. The van der Waals surface area contributed by atoms with Crippen LogP contribution >= 0.6 is 12.4 Å². The fourth-order valence-corrected chi connectivity index (χ4v) is 3.07. The van der Waals surface area contributed by atoms with Gasteiger partial charge in [0.1, 0.15) is 5.82 Å². The molecule has 4 rings (SSSR count). The summed E-state index contributed by atoms with van der Waals surface area (Å²) in [6, 6.07) is 16.6. The number of nitrogens with one attached hydrogen (secondary N) is 1. The molecular formula is C20H22ClN5O. The first kappa shape index (κ1) is 19.1. The number of likely N-dealkylation sites (N-methyl/N-ethyl adjacent to an activating group) is 1. The number of rotatable bonds is 5. The molecule has 0 aliphatic carbocycles. The second-order valence-electron chi connectivity index (χ2n) is 6.44. The van der Waals surface area contributed by atoms with Crippen molar-refractivity contribution in [2.45, 2.75) is 26.3 Å². The Kier molecular flexibility index (Phi) is 5.58. The summed E-state index contributed by atoms with van der Waals surface area (Å²) in [6.45, 7) is 4.09. The molecule has 0 bridgehead atoms. The number of hydrogen-bond acceptors (Lipinski definition) is 5. The van der Waals surface area contributed by atoms with Gasteiger partial charge in [-0.25, -0.2) is 4.98 Å². The van der Waals surface area contributed by atoms with E-state index in [2.05, 4.69) is 45.1 Å². The Labute approximate surface area is 164 Å². The third kappa shape index (κ3) is 3.72. The van der Waals surface area contributed by atoms with Gasteiger partial charge in [0.2, 0.25) is 0 Å². The minimum absolute atomic E-state index is 0. The van der Waals surface area contributed by atoms with E-state index in [1.54, 1.807) is 0 Å². The van der Waals surface area contributed by atoms with Crippen LogP contribution in [0.3, 0.4) is 0 Å². The highest BCUT2D eigenvalue weighted by Crippen LogP contribution is 2.26. The number of para-hydroxylation sites is 1. The molecule has 27 heavy (non-hydrogen) atoms. The molecule has 2 aromatic heterocycles. The highest BCUT2D eigenvalue weighted by molar-refractivity contribution is 5.85. The number of halogens is 1. The zero-order chi connectivity index (χ0) is 18.1. The largest absolute Gasteiger partial charge is 0.334 e. The topological polar surface area (TPSA) is 68.8 Å². The molecule has 6 nitrogen and oxygen atoms in total. The van der Waals surface area contributed by atoms with Crippen LogP contribution in [0, 0.1) is 6.92 Å². The number of hydrogen-bond donors (Lipinski definition) is 1. The zero-order valence-electron chi connectivity index (χ0n) is 15.5. The molecule has 4 aromatic rings. The SMILES string of the molecule is CNC(C)Cc1noc(-c2ccc3c(c2)nc(C)n3-c2ccccc2)n1.Cl. The molecule has 1 unspecified atom stereocenters. The van der Waals surface area contributed by atoms with Gasteiger partial charge in [-0.1, -0.05) is 23.4 Å². The van der Waals surface area contributed by atoms with Gasteiger partial charge < -0.3 is 9.84 Å². The number of nitrogens with zero attached hydrogens (tertiary/aromatic N) is 4. The highest BCUT2D eigenvalue weighted by Gasteiger charge is 2.14. The zero-order valence-corrected chi connectivity index (χ0v) is 16.3. The predicted octanol–water partition coefficient (Wildman–Crippen LogP) is 3.96. The third-order valence-electron chi connectivity index (χ3n) is 4.53.